The summed E-state index contributed by atoms with van der Waals surface area (Å²) in [5.74, 6) is 0.909. The average molecular weight is 274 g/mol. The molecule has 6 heteroatoms. The van der Waals surface area contributed by atoms with E-state index in [0.717, 1.165) is 4.90 Å². The molecule has 0 aromatic heterocycles. The van der Waals surface area contributed by atoms with Crippen molar-refractivity contribution in [3.63, 3.8) is 0 Å². The molecule has 0 saturated carbocycles. The Morgan fingerprint density at radius 1 is 1.40 bits per heavy atom. The molecule has 0 bridgehead atoms. The largest absolute Gasteiger partial charge is 0.454 e. The van der Waals surface area contributed by atoms with Gasteiger partial charge in [0.2, 0.25) is 6.79 Å². The summed E-state index contributed by atoms with van der Waals surface area (Å²) in [6.07, 6.45) is 1.52. The van der Waals surface area contributed by atoms with Crippen LogP contribution in [0.4, 0.5) is 4.79 Å². The van der Waals surface area contributed by atoms with E-state index < -0.39 is 11.6 Å². The number of nitrogens with zero attached hydrogens (tertiary/aromatic N) is 1. The number of benzene rings is 1. The van der Waals surface area contributed by atoms with Crippen LogP contribution >= 0.6 is 0 Å². The van der Waals surface area contributed by atoms with E-state index >= 15 is 0 Å². The van der Waals surface area contributed by atoms with Gasteiger partial charge in [0, 0.05) is 6.54 Å². The highest BCUT2D eigenvalue weighted by molar-refractivity contribution is 6.07. The van der Waals surface area contributed by atoms with Crippen LogP contribution in [0.25, 0.3) is 0 Å². The van der Waals surface area contributed by atoms with Crippen molar-refractivity contribution in [2.45, 2.75) is 12.5 Å². The van der Waals surface area contributed by atoms with Crippen LogP contribution < -0.4 is 14.8 Å². The summed E-state index contributed by atoms with van der Waals surface area (Å²) >= 11 is 0. The molecule has 0 spiro atoms. The van der Waals surface area contributed by atoms with E-state index in [-0.39, 0.29) is 19.2 Å². The Labute approximate surface area is 116 Å². The van der Waals surface area contributed by atoms with Gasteiger partial charge in [0.15, 0.2) is 11.5 Å². The van der Waals surface area contributed by atoms with Crippen molar-refractivity contribution >= 4 is 11.9 Å². The van der Waals surface area contributed by atoms with Gasteiger partial charge < -0.3 is 14.8 Å². The quantitative estimate of drug-likeness (QED) is 0.667. The summed E-state index contributed by atoms with van der Waals surface area (Å²) in [5.41, 5.74) is -0.437. The molecule has 6 nitrogen and oxygen atoms in total. The zero-order valence-electron chi connectivity index (χ0n) is 11.0. The zero-order valence-corrected chi connectivity index (χ0v) is 11.0. The van der Waals surface area contributed by atoms with Crippen LogP contribution in [-0.4, -0.2) is 30.2 Å². The SMILES string of the molecule is C=CCN1C(=O)N[C@@](C)(c2ccc3c(c2)OCO3)C1=O. The fraction of sp³-hybridized carbons (Fsp3) is 0.286. The summed E-state index contributed by atoms with van der Waals surface area (Å²) in [5, 5.41) is 2.72. The number of nitrogens with one attached hydrogen (secondary N) is 1. The van der Waals surface area contributed by atoms with Gasteiger partial charge in [-0.3, -0.25) is 9.69 Å². The number of hydrogen-bond donors (Lipinski definition) is 1. The Bertz CT molecular complexity index is 613. The first-order valence-electron chi connectivity index (χ1n) is 6.21. The second kappa shape index (κ2) is 4.26. The Morgan fingerprint density at radius 3 is 2.90 bits per heavy atom. The van der Waals surface area contributed by atoms with Crippen molar-refractivity contribution in [2.24, 2.45) is 0 Å². The predicted octanol–water partition coefficient (Wildman–Crippen LogP) is 1.37. The molecule has 20 heavy (non-hydrogen) atoms. The van der Waals surface area contributed by atoms with Crippen LogP contribution in [0.3, 0.4) is 0 Å². The molecule has 1 atom stereocenters. The lowest BCUT2D eigenvalue weighted by molar-refractivity contribution is -0.130. The molecule has 3 amide bonds. The van der Waals surface area contributed by atoms with Gasteiger partial charge >= 0.3 is 6.03 Å². The molecule has 0 unspecified atom stereocenters. The van der Waals surface area contributed by atoms with Crippen molar-refractivity contribution in [1.29, 1.82) is 0 Å². The van der Waals surface area contributed by atoms with Crippen molar-refractivity contribution < 1.29 is 19.1 Å². The molecule has 104 valence electrons. The maximum atomic E-state index is 12.5. The summed E-state index contributed by atoms with van der Waals surface area (Å²) in [4.78, 5) is 25.5. The van der Waals surface area contributed by atoms with Crippen LogP contribution in [-0.2, 0) is 10.3 Å². The summed E-state index contributed by atoms with van der Waals surface area (Å²) in [6.45, 7) is 5.58. The minimum absolute atomic E-state index is 0.165. The summed E-state index contributed by atoms with van der Waals surface area (Å²) in [7, 11) is 0. The third-order valence-corrected chi connectivity index (χ3v) is 3.54. The van der Waals surface area contributed by atoms with Crippen LogP contribution in [0.15, 0.2) is 30.9 Å². The Morgan fingerprint density at radius 2 is 2.15 bits per heavy atom. The number of ether oxygens (including phenoxy) is 2. The third-order valence-electron chi connectivity index (χ3n) is 3.54. The normalized spacial score (nSPS) is 23.9. The minimum Gasteiger partial charge on any atom is -0.454 e. The molecule has 2 aliphatic rings. The number of carbonyl (C=O) groups is 2. The van der Waals surface area contributed by atoms with Crippen molar-refractivity contribution in [2.75, 3.05) is 13.3 Å². The highest BCUT2D eigenvalue weighted by Gasteiger charge is 2.48. The first kappa shape index (κ1) is 12.5. The lowest BCUT2D eigenvalue weighted by Gasteiger charge is -2.22. The highest BCUT2D eigenvalue weighted by atomic mass is 16.7. The number of fused-ring (bicyclic) bond motifs is 1. The molecule has 3 rings (SSSR count). The molecular formula is C14H14N2O4. The molecule has 2 heterocycles. The van der Waals surface area contributed by atoms with Gasteiger partial charge in [0.05, 0.1) is 0 Å². The number of hydrogen-bond acceptors (Lipinski definition) is 4. The van der Waals surface area contributed by atoms with Crippen molar-refractivity contribution in [3.8, 4) is 11.5 Å². The van der Waals surface area contributed by atoms with Gasteiger partial charge in [0.1, 0.15) is 5.54 Å². The molecule has 1 saturated heterocycles. The molecule has 1 aromatic rings. The number of rotatable bonds is 3. The summed E-state index contributed by atoms with van der Waals surface area (Å²) < 4.78 is 10.5. The molecule has 2 aliphatic heterocycles. The van der Waals surface area contributed by atoms with Crippen LogP contribution in [0.2, 0.25) is 0 Å². The highest BCUT2D eigenvalue weighted by Crippen LogP contribution is 2.37. The van der Waals surface area contributed by atoms with Gasteiger partial charge in [-0.15, -0.1) is 6.58 Å². The van der Waals surface area contributed by atoms with Gasteiger partial charge in [0.25, 0.3) is 5.91 Å². The smallest absolute Gasteiger partial charge is 0.325 e. The van der Waals surface area contributed by atoms with Gasteiger partial charge in [-0.1, -0.05) is 12.1 Å². The Hall–Kier alpha value is -2.50. The first-order valence-corrected chi connectivity index (χ1v) is 6.21. The minimum atomic E-state index is -1.10. The lowest BCUT2D eigenvalue weighted by atomic mass is 9.91. The second-order valence-electron chi connectivity index (χ2n) is 4.83. The molecule has 1 fully saturated rings. The van der Waals surface area contributed by atoms with E-state index in [0.29, 0.717) is 17.1 Å². The average Bonchev–Trinajstić information content (AvgIpc) is 2.97. The van der Waals surface area contributed by atoms with Crippen LogP contribution in [0.5, 0.6) is 11.5 Å². The third kappa shape index (κ3) is 1.65. The monoisotopic (exact) mass is 274 g/mol. The molecule has 0 aliphatic carbocycles. The fourth-order valence-corrected chi connectivity index (χ4v) is 2.40. The van der Waals surface area contributed by atoms with E-state index in [2.05, 4.69) is 11.9 Å². The number of imide groups is 1. The summed E-state index contributed by atoms with van der Waals surface area (Å²) in [6, 6.07) is 4.79. The van der Waals surface area contributed by atoms with E-state index in [1.807, 2.05) is 0 Å². The maximum absolute atomic E-state index is 12.5. The molecule has 1 aromatic carbocycles. The standard InChI is InChI=1S/C14H14N2O4/c1-3-6-16-12(17)14(2,15-13(16)18)9-4-5-10-11(7-9)20-8-19-10/h3-5,7H,1,6,8H2,2H3,(H,15,18)/t14-/m0/s1. The van der Waals surface area contributed by atoms with E-state index in [4.69, 9.17) is 9.47 Å². The van der Waals surface area contributed by atoms with E-state index in [1.165, 1.54) is 6.08 Å². The predicted molar refractivity (Wildman–Crippen MR) is 70.4 cm³/mol. The Balaban J connectivity index is 1.98. The van der Waals surface area contributed by atoms with Gasteiger partial charge in [-0.25, -0.2) is 4.79 Å². The maximum Gasteiger partial charge on any atom is 0.325 e. The van der Waals surface area contributed by atoms with Crippen LogP contribution in [0.1, 0.15) is 12.5 Å². The number of amides is 3. The molecular weight excluding hydrogens is 260 g/mol. The number of urea groups is 1. The topological polar surface area (TPSA) is 67.9 Å². The van der Waals surface area contributed by atoms with Crippen molar-refractivity contribution in [3.05, 3.63) is 36.4 Å². The van der Waals surface area contributed by atoms with Crippen LogP contribution in [0, 0.1) is 0 Å². The molecule has 1 N–H and O–H groups in total. The van der Waals surface area contributed by atoms with E-state index in [9.17, 15) is 9.59 Å². The fourth-order valence-electron chi connectivity index (χ4n) is 2.40. The van der Waals surface area contributed by atoms with Gasteiger partial charge in [-0.2, -0.15) is 0 Å². The lowest BCUT2D eigenvalue weighted by Crippen LogP contribution is -2.40. The Kier molecular flexibility index (Phi) is 2.67. The zero-order chi connectivity index (χ0) is 14.3. The van der Waals surface area contributed by atoms with Gasteiger partial charge in [-0.05, 0) is 24.6 Å². The molecule has 0 radical (unpaired) electrons. The first-order chi connectivity index (χ1) is 9.56. The van der Waals surface area contributed by atoms with Crippen molar-refractivity contribution in [1.82, 2.24) is 10.2 Å². The number of carbonyl (C=O) groups excluding carboxylic acids is 2. The van der Waals surface area contributed by atoms with E-state index in [1.54, 1.807) is 25.1 Å². The second-order valence-corrected chi connectivity index (χ2v) is 4.83.